The first kappa shape index (κ1) is 20.2. The van der Waals surface area contributed by atoms with Gasteiger partial charge in [-0.2, -0.15) is 0 Å². The van der Waals surface area contributed by atoms with Crippen molar-refractivity contribution in [1.82, 2.24) is 15.4 Å². The number of nitro groups is 1. The van der Waals surface area contributed by atoms with Gasteiger partial charge in [0.2, 0.25) is 10.0 Å². The van der Waals surface area contributed by atoms with Crippen LogP contribution in [0, 0.1) is 10.1 Å². The molecule has 3 N–H and O–H groups in total. The van der Waals surface area contributed by atoms with Crippen molar-refractivity contribution in [1.29, 1.82) is 0 Å². The molecule has 0 aliphatic carbocycles. The highest BCUT2D eigenvalue weighted by Crippen LogP contribution is 2.23. The first-order chi connectivity index (χ1) is 12.3. The highest BCUT2D eigenvalue weighted by atomic mass is 32.2. The van der Waals surface area contributed by atoms with Crippen LogP contribution in [0.3, 0.4) is 0 Å². The van der Waals surface area contributed by atoms with Crippen LogP contribution in [0.4, 0.5) is 5.69 Å². The zero-order chi connectivity index (χ0) is 19.2. The molecule has 1 fully saturated rings. The number of piperidine rings is 1. The highest BCUT2D eigenvalue weighted by Gasteiger charge is 2.39. The molecule has 26 heavy (non-hydrogen) atoms. The van der Waals surface area contributed by atoms with E-state index in [2.05, 4.69) is 15.4 Å². The predicted octanol–water partition coefficient (Wildman–Crippen LogP) is -0.242. The molecule has 11 heteroatoms. The second-order valence-electron chi connectivity index (χ2n) is 5.83. The van der Waals surface area contributed by atoms with E-state index in [0.717, 1.165) is 12.1 Å². The maximum absolute atomic E-state index is 12.4. The monoisotopic (exact) mass is 386 g/mol. The molecule has 1 aromatic carbocycles. The number of ether oxygens (including phenoxy) is 1. The van der Waals surface area contributed by atoms with Gasteiger partial charge < -0.3 is 15.4 Å². The number of methoxy groups -OCH3 is 1. The van der Waals surface area contributed by atoms with Crippen LogP contribution in [0.25, 0.3) is 0 Å². The summed E-state index contributed by atoms with van der Waals surface area (Å²) in [5, 5.41) is 16.8. The Morgan fingerprint density at radius 1 is 1.31 bits per heavy atom. The Labute approximate surface area is 151 Å². The summed E-state index contributed by atoms with van der Waals surface area (Å²) in [5.74, 6) is -0.300. The number of rotatable bonds is 8. The van der Waals surface area contributed by atoms with Gasteiger partial charge in [-0.3, -0.25) is 14.9 Å². The maximum Gasteiger partial charge on any atom is 0.289 e. The molecular weight excluding hydrogens is 364 g/mol. The number of sulfonamides is 1. The number of amides is 1. The van der Waals surface area contributed by atoms with Crippen molar-refractivity contribution in [2.75, 3.05) is 33.3 Å². The van der Waals surface area contributed by atoms with Gasteiger partial charge >= 0.3 is 0 Å². The van der Waals surface area contributed by atoms with Crippen molar-refractivity contribution in [3.8, 4) is 0 Å². The van der Waals surface area contributed by atoms with Gasteiger partial charge in [-0.05, 0) is 32.0 Å². The molecule has 1 aliphatic rings. The molecule has 0 saturated carbocycles. The second kappa shape index (κ2) is 8.54. The SMILES string of the molecule is COC1(C(=O)NCCNS(=O)(=O)c2ccccc2[N+](=O)[O-])CCNCC1. The quantitative estimate of drug-likeness (QED) is 0.318. The third-order valence-electron chi connectivity index (χ3n) is 4.27. The van der Waals surface area contributed by atoms with Gasteiger partial charge in [0.25, 0.3) is 11.6 Å². The Balaban J connectivity index is 1.93. The summed E-state index contributed by atoms with van der Waals surface area (Å²) in [5.41, 5.74) is -1.42. The molecule has 1 heterocycles. The van der Waals surface area contributed by atoms with Crippen LogP contribution in [-0.2, 0) is 19.6 Å². The number of nitrogens with one attached hydrogen (secondary N) is 3. The molecule has 1 aromatic rings. The summed E-state index contributed by atoms with van der Waals surface area (Å²) in [6.07, 6.45) is 1.05. The third-order valence-corrected chi connectivity index (χ3v) is 5.78. The standard InChI is InChI=1S/C15H22N4O6S/c1-25-15(6-8-16-9-7-15)14(20)17-10-11-18-26(23,24)13-5-3-2-4-12(13)19(21)22/h2-5,16,18H,6-11H2,1H3,(H,17,20). The lowest BCUT2D eigenvalue weighted by atomic mass is 9.91. The zero-order valence-electron chi connectivity index (χ0n) is 14.4. The predicted molar refractivity (Wildman–Crippen MR) is 93.1 cm³/mol. The summed E-state index contributed by atoms with van der Waals surface area (Å²) in [6.45, 7) is 1.26. The highest BCUT2D eigenvalue weighted by molar-refractivity contribution is 7.89. The van der Waals surface area contributed by atoms with E-state index in [-0.39, 0.29) is 19.0 Å². The Bertz CT molecular complexity index is 761. The van der Waals surface area contributed by atoms with Crippen LogP contribution in [0.2, 0.25) is 0 Å². The first-order valence-electron chi connectivity index (χ1n) is 8.10. The molecule has 0 bridgehead atoms. The van der Waals surface area contributed by atoms with Crippen LogP contribution in [-0.4, -0.2) is 58.1 Å². The molecule has 1 saturated heterocycles. The van der Waals surface area contributed by atoms with Crippen LogP contribution in [0.1, 0.15) is 12.8 Å². The minimum Gasteiger partial charge on any atom is -0.368 e. The molecule has 144 valence electrons. The maximum atomic E-state index is 12.4. The minimum atomic E-state index is -4.06. The smallest absolute Gasteiger partial charge is 0.289 e. The molecule has 10 nitrogen and oxygen atoms in total. The lowest BCUT2D eigenvalue weighted by Crippen LogP contribution is -2.54. The number of nitro benzene ring substituents is 1. The van der Waals surface area contributed by atoms with E-state index < -0.39 is 31.1 Å². The van der Waals surface area contributed by atoms with Gasteiger partial charge in [-0.1, -0.05) is 12.1 Å². The summed E-state index contributed by atoms with van der Waals surface area (Å²) in [6, 6.07) is 5.08. The third kappa shape index (κ3) is 4.55. The number of hydrogen-bond acceptors (Lipinski definition) is 7. The Morgan fingerprint density at radius 2 is 1.96 bits per heavy atom. The Kier molecular flexibility index (Phi) is 6.64. The van der Waals surface area contributed by atoms with Crippen molar-refractivity contribution in [3.05, 3.63) is 34.4 Å². The van der Waals surface area contributed by atoms with E-state index in [1.54, 1.807) is 0 Å². The molecule has 0 radical (unpaired) electrons. The van der Waals surface area contributed by atoms with E-state index in [9.17, 15) is 23.3 Å². The summed E-state index contributed by atoms with van der Waals surface area (Å²) < 4.78 is 32.2. The second-order valence-corrected chi connectivity index (χ2v) is 7.56. The lowest BCUT2D eigenvalue weighted by Gasteiger charge is -2.34. The Hall–Kier alpha value is -2.08. The molecular formula is C15H22N4O6S. The number of para-hydroxylation sites is 1. The van der Waals surface area contributed by atoms with Crippen molar-refractivity contribution in [2.45, 2.75) is 23.3 Å². The molecule has 0 unspecified atom stereocenters. The van der Waals surface area contributed by atoms with Gasteiger partial charge in [-0.25, -0.2) is 13.1 Å². The first-order valence-corrected chi connectivity index (χ1v) is 9.58. The zero-order valence-corrected chi connectivity index (χ0v) is 15.2. The van der Waals surface area contributed by atoms with Crippen molar-refractivity contribution in [3.63, 3.8) is 0 Å². The lowest BCUT2D eigenvalue weighted by molar-refractivity contribution is -0.387. The molecule has 0 spiro atoms. The van der Waals surface area contributed by atoms with Crippen LogP contribution in [0.5, 0.6) is 0 Å². The fourth-order valence-corrected chi connectivity index (χ4v) is 3.99. The van der Waals surface area contributed by atoms with Crippen LogP contribution < -0.4 is 15.4 Å². The summed E-state index contributed by atoms with van der Waals surface area (Å²) in [4.78, 5) is 22.2. The van der Waals surface area contributed by atoms with Gasteiger partial charge in [0, 0.05) is 26.3 Å². The van der Waals surface area contributed by atoms with Crippen molar-refractivity contribution in [2.24, 2.45) is 0 Å². The Morgan fingerprint density at radius 3 is 2.58 bits per heavy atom. The van der Waals surface area contributed by atoms with Gasteiger partial charge in [-0.15, -0.1) is 0 Å². The fourth-order valence-electron chi connectivity index (χ4n) is 2.79. The van der Waals surface area contributed by atoms with Gasteiger partial charge in [0.05, 0.1) is 4.92 Å². The topological polar surface area (TPSA) is 140 Å². The molecule has 0 atom stereocenters. The van der Waals surface area contributed by atoms with Crippen LogP contribution in [0.15, 0.2) is 29.2 Å². The number of hydrogen-bond donors (Lipinski definition) is 3. The largest absolute Gasteiger partial charge is 0.368 e. The fraction of sp³-hybridized carbons (Fsp3) is 0.533. The van der Waals surface area contributed by atoms with E-state index in [0.29, 0.717) is 25.9 Å². The van der Waals surface area contributed by atoms with Crippen molar-refractivity contribution < 1.29 is 22.9 Å². The molecule has 1 amide bonds. The normalized spacial score (nSPS) is 16.8. The molecule has 0 aromatic heterocycles. The number of carbonyl (C=O) groups is 1. The van der Waals surface area contributed by atoms with Gasteiger partial charge in [0.1, 0.15) is 5.60 Å². The van der Waals surface area contributed by atoms with Crippen molar-refractivity contribution >= 4 is 21.6 Å². The molecule has 2 rings (SSSR count). The number of benzene rings is 1. The van der Waals surface area contributed by atoms with E-state index in [1.807, 2.05) is 0 Å². The number of carbonyl (C=O) groups excluding carboxylic acids is 1. The minimum absolute atomic E-state index is 0.0389. The van der Waals surface area contributed by atoms with E-state index >= 15 is 0 Å². The average Bonchev–Trinajstić information content (AvgIpc) is 2.65. The van der Waals surface area contributed by atoms with E-state index in [4.69, 9.17) is 4.74 Å². The number of nitrogens with zero attached hydrogens (tertiary/aromatic N) is 1. The average molecular weight is 386 g/mol. The van der Waals surface area contributed by atoms with E-state index in [1.165, 1.54) is 19.2 Å². The summed E-state index contributed by atoms with van der Waals surface area (Å²) >= 11 is 0. The molecule has 1 aliphatic heterocycles. The van der Waals surface area contributed by atoms with Gasteiger partial charge in [0.15, 0.2) is 4.90 Å². The van der Waals surface area contributed by atoms with Crippen LogP contribution >= 0.6 is 0 Å². The summed E-state index contributed by atoms with van der Waals surface area (Å²) in [7, 11) is -2.59.